The molecule has 0 aliphatic carbocycles. The van der Waals surface area contributed by atoms with Crippen LogP contribution >= 0.6 is 0 Å². The molecule has 0 aliphatic heterocycles. The molecule has 158 valence electrons. The summed E-state index contributed by atoms with van der Waals surface area (Å²) in [5, 5.41) is 2.80. The van der Waals surface area contributed by atoms with Crippen molar-refractivity contribution in [3.05, 3.63) is 107 Å². The smallest absolute Gasteiger partial charge is 0.337 e. The molecule has 1 amide bonds. The van der Waals surface area contributed by atoms with Gasteiger partial charge in [-0.05, 0) is 29.3 Å². The van der Waals surface area contributed by atoms with E-state index in [1.807, 2.05) is 60.7 Å². The van der Waals surface area contributed by atoms with Gasteiger partial charge in [-0.3, -0.25) is 4.79 Å². The highest BCUT2D eigenvalue weighted by molar-refractivity contribution is 5.99. The maximum atomic E-state index is 13.0. The van der Waals surface area contributed by atoms with Crippen LogP contribution in [0.25, 0.3) is 0 Å². The number of ether oxygens (including phenoxy) is 2. The van der Waals surface area contributed by atoms with Crippen LogP contribution < -0.4 is 5.32 Å². The molecule has 0 saturated heterocycles. The molecule has 0 spiro atoms. The van der Waals surface area contributed by atoms with Crippen LogP contribution in [0.4, 0.5) is 0 Å². The van der Waals surface area contributed by atoms with Gasteiger partial charge < -0.3 is 14.8 Å². The number of esters is 2. The molecule has 3 aromatic carbocycles. The molecule has 1 atom stereocenters. The molecule has 6 heteroatoms. The van der Waals surface area contributed by atoms with Crippen molar-refractivity contribution in [2.24, 2.45) is 0 Å². The van der Waals surface area contributed by atoms with Gasteiger partial charge in [0.2, 0.25) is 0 Å². The summed E-state index contributed by atoms with van der Waals surface area (Å²) in [6.45, 7) is 0. The topological polar surface area (TPSA) is 81.7 Å². The van der Waals surface area contributed by atoms with Crippen LogP contribution in [0.1, 0.15) is 37.8 Å². The highest BCUT2D eigenvalue weighted by atomic mass is 16.5. The van der Waals surface area contributed by atoms with Crippen molar-refractivity contribution in [1.29, 1.82) is 0 Å². The molecule has 0 aromatic heterocycles. The monoisotopic (exact) mass is 417 g/mol. The standard InChI is InChI=1S/C25H23NO5/c1-30-24(28)20-15-9-14-19(16-20)23(27)26-22(25(29)31-2)21(17-10-5-3-6-11-17)18-12-7-4-8-13-18/h3-16,21-22H,1-2H3,(H,26,27)/t22-/m1/s1. The van der Waals surface area contributed by atoms with Crippen molar-refractivity contribution in [1.82, 2.24) is 5.32 Å². The van der Waals surface area contributed by atoms with Crippen LogP contribution in [0.3, 0.4) is 0 Å². The lowest BCUT2D eigenvalue weighted by molar-refractivity contribution is -0.143. The van der Waals surface area contributed by atoms with E-state index >= 15 is 0 Å². The Balaban J connectivity index is 1.99. The van der Waals surface area contributed by atoms with Crippen LogP contribution in [0.2, 0.25) is 0 Å². The summed E-state index contributed by atoms with van der Waals surface area (Å²) in [6, 6.07) is 24.0. The maximum Gasteiger partial charge on any atom is 0.337 e. The fraction of sp³-hybridized carbons (Fsp3) is 0.160. The van der Waals surface area contributed by atoms with Crippen LogP contribution in [0, 0.1) is 0 Å². The minimum atomic E-state index is -0.982. The van der Waals surface area contributed by atoms with Crippen LogP contribution in [-0.2, 0) is 14.3 Å². The van der Waals surface area contributed by atoms with Gasteiger partial charge in [0.05, 0.1) is 19.8 Å². The van der Waals surface area contributed by atoms with Crippen molar-refractivity contribution in [2.45, 2.75) is 12.0 Å². The number of hydrogen-bond acceptors (Lipinski definition) is 5. The second-order valence-electron chi connectivity index (χ2n) is 6.85. The number of amides is 1. The summed E-state index contributed by atoms with van der Waals surface area (Å²) in [5.74, 6) is -2.10. The Bertz CT molecular complexity index is 1010. The summed E-state index contributed by atoms with van der Waals surface area (Å²) in [4.78, 5) is 37.6. The first-order chi connectivity index (χ1) is 15.0. The minimum Gasteiger partial charge on any atom is -0.467 e. The second kappa shape index (κ2) is 10.2. The first kappa shape index (κ1) is 21.8. The van der Waals surface area contributed by atoms with Crippen molar-refractivity contribution >= 4 is 17.8 Å². The van der Waals surface area contributed by atoms with E-state index in [-0.39, 0.29) is 11.1 Å². The number of benzene rings is 3. The van der Waals surface area contributed by atoms with Crippen molar-refractivity contribution in [2.75, 3.05) is 14.2 Å². The lowest BCUT2D eigenvalue weighted by Gasteiger charge is -2.27. The number of carbonyl (C=O) groups is 3. The Morgan fingerprint density at radius 3 is 1.77 bits per heavy atom. The SMILES string of the molecule is COC(=O)c1cccc(C(=O)N[C@@H](C(=O)OC)C(c2ccccc2)c2ccccc2)c1. The third kappa shape index (κ3) is 5.17. The molecule has 31 heavy (non-hydrogen) atoms. The van der Waals surface area contributed by atoms with Crippen LogP contribution in [-0.4, -0.2) is 38.1 Å². The Morgan fingerprint density at radius 2 is 1.26 bits per heavy atom. The summed E-state index contributed by atoms with van der Waals surface area (Å²) in [5.41, 5.74) is 2.18. The van der Waals surface area contributed by atoms with Crippen molar-refractivity contribution < 1.29 is 23.9 Å². The molecule has 0 bridgehead atoms. The average molecular weight is 417 g/mol. The lowest BCUT2D eigenvalue weighted by atomic mass is 9.84. The zero-order valence-electron chi connectivity index (χ0n) is 17.3. The molecule has 0 saturated carbocycles. The molecule has 0 aliphatic rings. The molecule has 3 aromatic rings. The summed E-state index contributed by atoms with van der Waals surface area (Å²) >= 11 is 0. The highest BCUT2D eigenvalue weighted by Gasteiger charge is 2.33. The van der Waals surface area contributed by atoms with Gasteiger partial charge in [0.1, 0.15) is 6.04 Å². The molecule has 0 radical (unpaired) electrons. The molecule has 1 N–H and O–H groups in total. The minimum absolute atomic E-state index is 0.233. The zero-order valence-corrected chi connectivity index (χ0v) is 17.3. The predicted molar refractivity (Wildman–Crippen MR) is 116 cm³/mol. The van der Waals surface area contributed by atoms with Gasteiger partial charge in [-0.25, -0.2) is 9.59 Å². The lowest BCUT2D eigenvalue weighted by Crippen LogP contribution is -2.46. The molecule has 3 rings (SSSR count). The predicted octanol–water partition coefficient (Wildman–Crippen LogP) is 3.58. The first-order valence-electron chi connectivity index (χ1n) is 9.72. The van der Waals surface area contributed by atoms with Gasteiger partial charge in [-0.1, -0.05) is 66.7 Å². The van der Waals surface area contributed by atoms with E-state index in [1.54, 1.807) is 18.2 Å². The highest BCUT2D eigenvalue weighted by Crippen LogP contribution is 2.29. The molecular weight excluding hydrogens is 394 g/mol. The number of hydrogen-bond donors (Lipinski definition) is 1. The molecular formula is C25H23NO5. The summed E-state index contributed by atoms with van der Waals surface area (Å²) < 4.78 is 9.74. The second-order valence-corrected chi connectivity index (χ2v) is 6.85. The third-order valence-corrected chi connectivity index (χ3v) is 4.94. The van der Waals surface area contributed by atoms with Gasteiger partial charge in [0.15, 0.2) is 0 Å². The summed E-state index contributed by atoms with van der Waals surface area (Å²) in [6.07, 6.45) is 0. The fourth-order valence-electron chi connectivity index (χ4n) is 3.43. The van der Waals surface area contributed by atoms with E-state index in [9.17, 15) is 14.4 Å². The van der Waals surface area contributed by atoms with Crippen LogP contribution in [0.15, 0.2) is 84.9 Å². The van der Waals surface area contributed by atoms with E-state index < -0.39 is 29.8 Å². The van der Waals surface area contributed by atoms with Gasteiger partial charge >= 0.3 is 11.9 Å². The zero-order chi connectivity index (χ0) is 22.2. The largest absolute Gasteiger partial charge is 0.467 e. The Hall–Kier alpha value is -3.93. The Labute approximate surface area is 180 Å². The number of nitrogens with one attached hydrogen (secondary N) is 1. The normalized spacial score (nSPS) is 11.5. The van der Waals surface area contributed by atoms with Gasteiger partial charge in [0.25, 0.3) is 5.91 Å². The fourth-order valence-corrected chi connectivity index (χ4v) is 3.43. The summed E-state index contributed by atoms with van der Waals surface area (Å²) in [7, 11) is 2.55. The number of methoxy groups -OCH3 is 2. The molecule has 0 unspecified atom stereocenters. The Kier molecular flexibility index (Phi) is 7.17. The molecule has 0 fully saturated rings. The quantitative estimate of drug-likeness (QED) is 0.595. The van der Waals surface area contributed by atoms with Gasteiger partial charge in [0, 0.05) is 11.5 Å². The van der Waals surface area contributed by atoms with Gasteiger partial charge in [-0.2, -0.15) is 0 Å². The maximum absolute atomic E-state index is 13.0. The number of rotatable bonds is 7. The van der Waals surface area contributed by atoms with Crippen molar-refractivity contribution in [3.8, 4) is 0 Å². The van der Waals surface area contributed by atoms with E-state index in [4.69, 9.17) is 9.47 Å². The first-order valence-corrected chi connectivity index (χ1v) is 9.72. The molecule has 0 heterocycles. The van der Waals surface area contributed by atoms with Crippen molar-refractivity contribution in [3.63, 3.8) is 0 Å². The number of carbonyl (C=O) groups excluding carboxylic acids is 3. The van der Waals surface area contributed by atoms with E-state index in [1.165, 1.54) is 20.3 Å². The molecule has 6 nitrogen and oxygen atoms in total. The van der Waals surface area contributed by atoms with Gasteiger partial charge in [-0.15, -0.1) is 0 Å². The average Bonchev–Trinajstić information content (AvgIpc) is 2.84. The van der Waals surface area contributed by atoms with E-state index in [0.29, 0.717) is 0 Å². The third-order valence-electron chi connectivity index (χ3n) is 4.94. The Morgan fingerprint density at radius 1 is 0.710 bits per heavy atom. The van der Waals surface area contributed by atoms with E-state index in [0.717, 1.165) is 11.1 Å². The van der Waals surface area contributed by atoms with E-state index in [2.05, 4.69) is 5.32 Å². The van der Waals surface area contributed by atoms with Crippen LogP contribution in [0.5, 0.6) is 0 Å².